The van der Waals surface area contributed by atoms with Crippen molar-refractivity contribution in [3.8, 4) is 0 Å². The summed E-state index contributed by atoms with van der Waals surface area (Å²) >= 11 is 5.57. The van der Waals surface area contributed by atoms with E-state index in [4.69, 9.17) is 16.7 Å². The van der Waals surface area contributed by atoms with Gasteiger partial charge < -0.3 is 5.11 Å². The van der Waals surface area contributed by atoms with Crippen molar-refractivity contribution in [2.75, 3.05) is 0 Å². The number of hydrogen-bond donors (Lipinski definition) is 2. The van der Waals surface area contributed by atoms with Crippen molar-refractivity contribution >= 4 is 21.6 Å². The first-order valence-corrected chi connectivity index (χ1v) is 6.75. The molecule has 1 aromatic rings. The van der Waals surface area contributed by atoms with Gasteiger partial charge in [-0.1, -0.05) is 11.6 Å². The predicted molar refractivity (Wildman–Crippen MR) is 62.8 cm³/mol. The molecule has 7 heteroatoms. The Balaban J connectivity index is 3.29. The summed E-state index contributed by atoms with van der Waals surface area (Å²) in [5.74, 6) is -0.873. The molecule has 0 saturated heterocycles. The average Bonchev–Trinajstić information content (AvgIpc) is 2.19. The quantitative estimate of drug-likeness (QED) is 0.882. The summed E-state index contributed by atoms with van der Waals surface area (Å²) in [5, 5.41) is 8.68. The van der Waals surface area contributed by atoms with E-state index in [0.29, 0.717) is 0 Å². The molecule has 4 nitrogen and oxygen atoms in total. The highest BCUT2D eigenvalue weighted by molar-refractivity contribution is 7.89. The molecule has 0 aliphatic heterocycles. The monoisotopic (exact) mass is 281 g/mol. The number of benzene rings is 1. The van der Waals surface area contributed by atoms with Crippen LogP contribution in [-0.2, 0) is 16.6 Å². The van der Waals surface area contributed by atoms with Crippen molar-refractivity contribution < 1.29 is 17.9 Å². The molecule has 2 N–H and O–H groups in total. The normalized spacial score (nSPS) is 12.1. The Morgan fingerprint density at radius 2 is 2.06 bits per heavy atom. The van der Waals surface area contributed by atoms with Gasteiger partial charge in [-0.15, -0.1) is 0 Å². The van der Waals surface area contributed by atoms with E-state index in [-0.39, 0.29) is 21.5 Å². The maximum absolute atomic E-state index is 13.4. The predicted octanol–water partition coefficient (Wildman–Crippen LogP) is 1.66. The van der Waals surface area contributed by atoms with Crippen molar-refractivity contribution in [1.82, 2.24) is 4.72 Å². The Bertz CT molecular complexity index is 517. The minimum Gasteiger partial charge on any atom is -0.392 e. The number of hydrogen-bond acceptors (Lipinski definition) is 3. The van der Waals surface area contributed by atoms with Gasteiger partial charge in [0.25, 0.3) is 0 Å². The van der Waals surface area contributed by atoms with Crippen LogP contribution < -0.4 is 4.72 Å². The Kier molecular flexibility index (Phi) is 4.48. The highest BCUT2D eigenvalue weighted by Gasteiger charge is 2.19. The molecule has 1 aromatic carbocycles. The molecule has 0 aliphatic rings. The van der Waals surface area contributed by atoms with Crippen LogP contribution in [0.25, 0.3) is 0 Å². The molecule has 0 amide bonds. The molecule has 0 spiro atoms. The average molecular weight is 282 g/mol. The van der Waals surface area contributed by atoms with Gasteiger partial charge in [-0.2, -0.15) is 0 Å². The van der Waals surface area contributed by atoms with E-state index < -0.39 is 22.4 Å². The van der Waals surface area contributed by atoms with E-state index in [1.165, 1.54) is 0 Å². The molecule has 0 aromatic heterocycles. The van der Waals surface area contributed by atoms with Gasteiger partial charge in [0.2, 0.25) is 10.0 Å². The fraction of sp³-hybridized carbons (Fsp3) is 0.400. The summed E-state index contributed by atoms with van der Waals surface area (Å²) in [4.78, 5) is -0.253. The van der Waals surface area contributed by atoms with Crippen LogP contribution in [0.5, 0.6) is 0 Å². The van der Waals surface area contributed by atoms with Gasteiger partial charge in [0.05, 0.1) is 16.5 Å². The van der Waals surface area contributed by atoms with Gasteiger partial charge in [0.15, 0.2) is 0 Å². The highest BCUT2D eigenvalue weighted by atomic mass is 35.5. The van der Waals surface area contributed by atoms with Crippen LogP contribution in [0.3, 0.4) is 0 Å². The van der Waals surface area contributed by atoms with Gasteiger partial charge in [0.1, 0.15) is 5.82 Å². The number of sulfonamides is 1. The Hall–Kier alpha value is -0.690. The second-order valence-electron chi connectivity index (χ2n) is 3.81. The van der Waals surface area contributed by atoms with Crippen LogP contribution in [0.1, 0.15) is 19.4 Å². The van der Waals surface area contributed by atoms with Crippen LogP contribution in [0, 0.1) is 5.82 Å². The molecule has 0 fully saturated rings. The molecular formula is C10H13ClFNO3S. The lowest BCUT2D eigenvalue weighted by Gasteiger charge is -2.11. The standard InChI is InChI=1S/C10H13ClFNO3S/c1-6(2)13-17(15,16)8-3-7(5-14)10(11)9(12)4-8/h3-4,6,13-14H,5H2,1-2H3. The van der Waals surface area contributed by atoms with Gasteiger partial charge in [-0.25, -0.2) is 17.5 Å². The SMILES string of the molecule is CC(C)NS(=O)(=O)c1cc(F)c(Cl)c(CO)c1. The Labute approximate surface area is 104 Å². The number of aliphatic hydroxyl groups excluding tert-OH is 1. The molecule has 0 heterocycles. The topological polar surface area (TPSA) is 66.4 Å². The number of halogens is 2. The molecular weight excluding hydrogens is 269 g/mol. The highest BCUT2D eigenvalue weighted by Crippen LogP contribution is 2.24. The van der Waals surface area contributed by atoms with E-state index in [1.807, 2.05) is 0 Å². The third-order valence-electron chi connectivity index (χ3n) is 1.95. The summed E-state index contributed by atoms with van der Waals surface area (Å²) in [6, 6.07) is 1.67. The Morgan fingerprint density at radius 3 is 2.53 bits per heavy atom. The molecule has 0 saturated carbocycles. The van der Waals surface area contributed by atoms with Gasteiger partial charge in [-0.05, 0) is 26.0 Å². The fourth-order valence-corrected chi connectivity index (χ4v) is 2.75. The third kappa shape index (κ3) is 3.38. The second kappa shape index (κ2) is 5.30. The van der Waals surface area contributed by atoms with E-state index >= 15 is 0 Å². The lowest BCUT2D eigenvalue weighted by Crippen LogP contribution is -2.30. The summed E-state index contributed by atoms with van der Waals surface area (Å²) in [5.41, 5.74) is 0.0378. The second-order valence-corrected chi connectivity index (χ2v) is 5.90. The van der Waals surface area contributed by atoms with E-state index in [0.717, 1.165) is 12.1 Å². The first-order valence-electron chi connectivity index (χ1n) is 4.89. The smallest absolute Gasteiger partial charge is 0.240 e. The summed E-state index contributed by atoms with van der Waals surface area (Å²) < 4.78 is 39.2. The first-order chi connectivity index (χ1) is 7.77. The summed E-state index contributed by atoms with van der Waals surface area (Å²) in [6.07, 6.45) is 0. The molecule has 0 aliphatic carbocycles. The molecule has 1 rings (SSSR count). The van der Waals surface area contributed by atoms with Crippen molar-refractivity contribution in [2.45, 2.75) is 31.4 Å². The fourth-order valence-electron chi connectivity index (χ4n) is 1.27. The molecule has 96 valence electrons. The zero-order valence-corrected chi connectivity index (χ0v) is 10.9. The van der Waals surface area contributed by atoms with Crippen molar-refractivity contribution in [3.05, 3.63) is 28.5 Å². The minimum absolute atomic E-state index is 0.0378. The van der Waals surface area contributed by atoms with Crippen LogP contribution in [-0.4, -0.2) is 19.6 Å². The number of nitrogens with one attached hydrogen (secondary N) is 1. The zero-order chi connectivity index (χ0) is 13.2. The van der Waals surface area contributed by atoms with Crippen LogP contribution in [0.15, 0.2) is 17.0 Å². The van der Waals surface area contributed by atoms with Crippen molar-refractivity contribution in [2.24, 2.45) is 0 Å². The van der Waals surface area contributed by atoms with Gasteiger partial charge in [-0.3, -0.25) is 0 Å². The summed E-state index contributed by atoms with van der Waals surface area (Å²) in [7, 11) is -3.79. The van der Waals surface area contributed by atoms with Crippen molar-refractivity contribution in [3.63, 3.8) is 0 Å². The third-order valence-corrected chi connectivity index (χ3v) is 4.01. The van der Waals surface area contributed by atoms with Crippen LogP contribution >= 0.6 is 11.6 Å². The maximum Gasteiger partial charge on any atom is 0.240 e. The minimum atomic E-state index is -3.79. The Morgan fingerprint density at radius 1 is 1.47 bits per heavy atom. The van der Waals surface area contributed by atoms with Crippen LogP contribution in [0.4, 0.5) is 4.39 Å². The van der Waals surface area contributed by atoms with Gasteiger partial charge in [0, 0.05) is 11.6 Å². The van der Waals surface area contributed by atoms with E-state index in [1.54, 1.807) is 13.8 Å². The van der Waals surface area contributed by atoms with E-state index in [2.05, 4.69) is 4.72 Å². The lowest BCUT2D eigenvalue weighted by molar-refractivity contribution is 0.281. The molecule has 0 atom stereocenters. The molecule has 17 heavy (non-hydrogen) atoms. The molecule has 0 radical (unpaired) electrons. The largest absolute Gasteiger partial charge is 0.392 e. The number of rotatable bonds is 4. The first kappa shape index (κ1) is 14.4. The van der Waals surface area contributed by atoms with Gasteiger partial charge >= 0.3 is 0 Å². The van der Waals surface area contributed by atoms with Crippen molar-refractivity contribution in [1.29, 1.82) is 0 Å². The number of aliphatic hydroxyl groups is 1. The summed E-state index contributed by atoms with van der Waals surface area (Å²) in [6.45, 7) is 2.77. The maximum atomic E-state index is 13.4. The van der Waals surface area contributed by atoms with E-state index in [9.17, 15) is 12.8 Å². The van der Waals surface area contributed by atoms with Crippen LogP contribution in [0.2, 0.25) is 5.02 Å². The molecule has 0 unspecified atom stereocenters. The zero-order valence-electron chi connectivity index (χ0n) is 9.37. The lowest BCUT2D eigenvalue weighted by atomic mass is 10.2. The molecule has 0 bridgehead atoms.